The highest BCUT2D eigenvalue weighted by Gasteiger charge is 2.32. The van der Waals surface area contributed by atoms with Crippen LogP contribution in [-0.2, 0) is 0 Å². The number of carbonyl (C=O) groups is 1. The van der Waals surface area contributed by atoms with E-state index in [1.807, 2.05) is 13.0 Å². The number of likely N-dealkylation sites (tertiary alicyclic amines) is 1. The summed E-state index contributed by atoms with van der Waals surface area (Å²) in [4.78, 5) is 19.7. The molecule has 3 heterocycles. The van der Waals surface area contributed by atoms with E-state index in [-0.39, 0.29) is 5.91 Å². The molecule has 2 atom stereocenters. The number of aryl methyl sites for hydroxylation is 1. The molecule has 1 N–H and O–H groups in total. The van der Waals surface area contributed by atoms with Gasteiger partial charge in [0.1, 0.15) is 0 Å². The first-order valence-corrected chi connectivity index (χ1v) is 9.20. The highest BCUT2D eigenvalue weighted by atomic mass is 16.2. The zero-order valence-electron chi connectivity index (χ0n) is 14.1. The number of pyridine rings is 1. The summed E-state index contributed by atoms with van der Waals surface area (Å²) in [6.45, 7) is 6.08. The van der Waals surface area contributed by atoms with Gasteiger partial charge in [-0.3, -0.25) is 9.78 Å². The van der Waals surface area contributed by atoms with E-state index in [1.165, 1.54) is 31.4 Å². The summed E-state index contributed by atoms with van der Waals surface area (Å²) < 4.78 is 0. The van der Waals surface area contributed by atoms with Gasteiger partial charge in [-0.1, -0.05) is 0 Å². The lowest BCUT2D eigenvalue weighted by Gasteiger charge is -2.35. The SMILES string of the molecule is Cc1nc(C2CC2)ccc1C(=O)N1CCCC(C2CCNC2)C1. The zero-order chi connectivity index (χ0) is 15.8. The molecule has 1 aliphatic carbocycles. The third kappa shape index (κ3) is 3.14. The lowest BCUT2D eigenvalue weighted by molar-refractivity contribution is 0.0633. The van der Waals surface area contributed by atoms with E-state index >= 15 is 0 Å². The Hall–Kier alpha value is -1.42. The minimum atomic E-state index is 0.188. The predicted octanol–water partition coefficient (Wildman–Crippen LogP) is 2.73. The fourth-order valence-electron chi connectivity index (χ4n) is 4.24. The maximum atomic E-state index is 12.9. The summed E-state index contributed by atoms with van der Waals surface area (Å²) in [5.74, 6) is 2.25. The summed E-state index contributed by atoms with van der Waals surface area (Å²) in [6.07, 6.45) is 6.18. The van der Waals surface area contributed by atoms with Crippen LogP contribution in [0.5, 0.6) is 0 Å². The van der Waals surface area contributed by atoms with E-state index in [0.717, 1.165) is 49.8 Å². The smallest absolute Gasteiger partial charge is 0.255 e. The number of hydrogen-bond donors (Lipinski definition) is 1. The Kier molecular flexibility index (Phi) is 4.10. The van der Waals surface area contributed by atoms with Gasteiger partial charge in [0.05, 0.1) is 11.3 Å². The lowest BCUT2D eigenvalue weighted by atomic mass is 9.84. The fraction of sp³-hybridized carbons (Fsp3) is 0.684. The van der Waals surface area contributed by atoms with Gasteiger partial charge in [-0.05, 0) is 76.1 Å². The van der Waals surface area contributed by atoms with Crippen LogP contribution in [0.25, 0.3) is 0 Å². The normalized spacial score (nSPS) is 28.1. The molecule has 2 unspecified atom stereocenters. The molecule has 4 heteroatoms. The molecule has 124 valence electrons. The van der Waals surface area contributed by atoms with Crippen molar-refractivity contribution in [1.29, 1.82) is 0 Å². The maximum Gasteiger partial charge on any atom is 0.255 e. The number of piperidine rings is 1. The van der Waals surface area contributed by atoms with Gasteiger partial charge >= 0.3 is 0 Å². The Morgan fingerprint density at radius 3 is 2.78 bits per heavy atom. The van der Waals surface area contributed by atoms with Crippen LogP contribution in [-0.4, -0.2) is 42.0 Å². The van der Waals surface area contributed by atoms with Gasteiger partial charge in [-0.25, -0.2) is 0 Å². The molecule has 0 bridgehead atoms. The van der Waals surface area contributed by atoms with Crippen LogP contribution in [0, 0.1) is 18.8 Å². The summed E-state index contributed by atoms with van der Waals surface area (Å²) in [5.41, 5.74) is 2.89. The van der Waals surface area contributed by atoms with E-state index in [0.29, 0.717) is 11.8 Å². The van der Waals surface area contributed by atoms with Gasteiger partial charge < -0.3 is 10.2 Å². The Labute approximate surface area is 138 Å². The summed E-state index contributed by atoms with van der Waals surface area (Å²) in [7, 11) is 0. The molecular formula is C19H27N3O. The zero-order valence-corrected chi connectivity index (χ0v) is 14.1. The fourth-order valence-corrected chi connectivity index (χ4v) is 4.24. The molecule has 2 aliphatic heterocycles. The molecule has 1 aromatic heterocycles. The Morgan fingerprint density at radius 1 is 1.22 bits per heavy atom. The van der Waals surface area contributed by atoms with Gasteiger partial charge in [0.2, 0.25) is 0 Å². The topological polar surface area (TPSA) is 45.2 Å². The van der Waals surface area contributed by atoms with Crippen molar-refractivity contribution in [2.24, 2.45) is 11.8 Å². The van der Waals surface area contributed by atoms with E-state index in [2.05, 4.69) is 16.3 Å². The summed E-state index contributed by atoms with van der Waals surface area (Å²) in [5, 5.41) is 3.46. The van der Waals surface area contributed by atoms with Crippen molar-refractivity contribution in [2.75, 3.05) is 26.2 Å². The third-order valence-corrected chi connectivity index (χ3v) is 5.84. The Balaban J connectivity index is 1.47. The number of nitrogens with one attached hydrogen (secondary N) is 1. The second kappa shape index (κ2) is 6.23. The minimum Gasteiger partial charge on any atom is -0.338 e. The van der Waals surface area contributed by atoms with Gasteiger partial charge in [-0.15, -0.1) is 0 Å². The van der Waals surface area contributed by atoms with Crippen LogP contribution in [0.1, 0.15) is 59.8 Å². The number of nitrogens with zero attached hydrogens (tertiary/aromatic N) is 2. The van der Waals surface area contributed by atoms with Crippen molar-refractivity contribution < 1.29 is 4.79 Å². The number of amides is 1. The minimum absolute atomic E-state index is 0.188. The Bertz CT molecular complexity index is 590. The number of aromatic nitrogens is 1. The quantitative estimate of drug-likeness (QED) is 0.933. The molecule has 0 aromatic carbocycles. The first-order chi connectivity index (χ1) is 11.2. The van der Waals surface area contributed by atoms with Gasteiger partial charge in [0, 0.05) is 24.7 Å². The second-order valence-corrected chi connectivity index (χ2v) is 7.55. The van der Waals surface area contributed by atoms with E-state index in [1.54, 1.807) is 0 Å². The summed E-state index contributed by atoms with van der Waals surface area (Å²) in [6, 6.07) is 4.08. The summed E-state index contributed by atoms with van der Waals surface area (Å²) >= 11 is 0. The van der Waals surface area contributed by atoms with Crippen LogP contribution in [0.2, 0.25) is 0 Å². The van der Waals surface area contributed by atoms with E-state index in [4.69, 9.17) is 4.98 Å². The van der Waals surface area contributed by atoms with Crippen molar-refractivity contribution in [3.8, 4) is 0 Å². The average Bonchev–Trinajstić information content (AvgIpc) is 3.28. The highest BCUT2D eigenvalue weighted by molar-refractivity contribution is 5.95. The van der Waals surface area contributed by atoms with E-state index in [9.17, 15) is 4.79 Å². The predicted molar refractivity (Wildman–Crippen MR) is 90.6 cm³/mol. The second-order valence-electron chi connectivity index (χ2n) is 7.55. The molecule has 4 nitrogen and oxygen atoms in total. The largest absolute Gasteiger partial charge is 0.338 e. The molecule has 3 aliphatic rings. The number of rotatable bonds is 3. The van der Waals surface area contributed by atoms with E-state index < -0.39 is 0 Å². The van der Waals surface area contributed by atoms with Crippen LogP contribution < -0.4 is 5.32 Å². The highest BCUT2D eigenvalue weighted by Crippen LogP contribution is 2.39. The molecule has 1 amide bonds. The first-order valence-electron chi connectivity index (χ1n) is 9.20. The Morgan fingerprint density at radius 2 is 2.09 bits per heavy atom. The van der Waals surface area contributed by atoms with Gasteiger partial charge in [0.25, 0.3) is 5.91 Å². The molecule has 0 radical (unpaired) electrons. The molecule has 1 aromatic rings. The van der Waals surface area contributed by atoms with Crippen LogP contribution in [0.3, 0.4) is 0 Å². The van der Waals surface area contributed by atoms with Crippen LogP contribution in [0.4, 0.5) is 0 Å². The third-order valence-electron chi connectivity index (χ3n) is 5.84. The molecule has 4 rings (SSSR count). The van der Waals surface area contributed by atoms with Crippen molar-refractivity contribution in [3.63, 3.8) is 0 Å². The van der Waals surface area contributed by atoms with Crippen LogP contribution >= 0.6 is 0 Å². The number of carbonyl (C=O) groups excluding carboxylic acids is 1. The molecule has 23 heavy (non-hydrogen) atoms. The molecule has 3 fully saturated rings. The molecule has 1 saturated carbocycles. The monoisotopic (exact) mass is 313 g/mol. The standard InChI is InChI=1S/C19H27N3O/c1-13-17(6-7-18(21-13)14-4-5-14)19(23)22-10-2-3-16(12-22)15-8-9-20-11-15/h6-7,14-16,20H,2-5,8-12H2,1H3. The van der Waals surface area contributed by atoms with Crippen LogP contribution in [0.15, 0.2) is 12.1 Å². The lowest BCUT2D eigenvalue weighted by Crippen LogP contribution is -2.42. The average molecular weight is 313 g/mol. The molecule has 0 spiro atoms. The molecular weight excluding hydrogens is 286 g/mol. The maximum absolute atomic E-state index is 12.9. The van der Waals surface area contributed by atoms with Gasteiger partial charge in [-0.2, -0.15) is 0 Å². The van der Waals surface area contributed by atoms with Crippen molar-refractivity contribution in [2.45, 2.75) is 44.9 Å². The van der Waals surface area contributed by atoms with Gasteiger partial charge in [0.15, 0.2) is 0 Å². The number of hydrogen-bond acceptors (Lipinski definition) is 3. The first kappa shape index (κ1) is 15.1. The van der Waals surface area contributed by atoms with Crippen molar-refractivity contribution in [1.82, 2.24) is 15.2 Å². The van der Waals surface area contributed by atoms with Crippen molar-refractivity contribution >= 4 is 5.91 Å². The molecule has 2 saturated heterocycles. The van der Waals surface area contributed by atoms with Crippen molar-refractivity contribution in [3.05, 3.63) is 29.1 Å².